The number of rotatable bonds is 4. The Morgan fingerprint density at radius 2 is 2.08 bits per heavy atom. The van der Waals surface area contributed by atoms with Gasteiger partial charge in [-0.1, -0.05) is 35.0 Å². The van der Waals surface area contributed by atoms with Crippen molar-refractivity contribution in [1.82, 2.24) is 25.4 Å². The number of nitrogens with zero attached hydrogens (tertiary/aromatic N) is 3. The lowest BCUT2D eigenvalue weighted by Crippen LogP contribution is -2.24. The lowest BCUT2D eigenvalue weighted by Gasteiger charge is -1.98. The first-order valence-corrected chi connectivity index (χ1v) is 8.30. The second-order valence-corrected chi connectivity index (χ2v) is 6.19. The van der Waals surface area contributed by atoms with E-state index in [0.29, 0.717) is 16.4 Å². The summed E-state index contributed by atoms with van der Waals surface area (Å²) in [4.78, 5) is 23.8. The van der Waals surface area contributed by atoms with E-state index in [1.165, 1.54) is 0 Å². The minimum atomic E-state index is -0.351. The Balaban J connectivity index is 1.47. The molecule has 4 aromatic rings. The zero-order valence-electron chi connectivity index (χ0n) is 13.8. The zero-order chi connectivity index (χ0) is 18.1. The summed E-state index contributed by atoms with van der Waals surface area (Å²) in [6.07, 6.45) is 0. The Morgan fingerprint density at radius 1 is 1.23 bits per heavy atom. The number of nitrogens with one attached hydrogen (secondary N) is 2. The first-order valence-electron chi connectivity index (χ1n) is 7.92. The minimum Gasteiger partial charge on any atom is -0.340 e. The van der Waals surface area contributed by atoms with E-state index in [1.807, 2.05) is 37.3 Å². The van der Waals surface area contributed by atoms with Gasteiger partial charge in [0.15, 0.2) is 5.82 Å². The molecular weight excluding hydrogens is 354 g/mol. The molecule has 7 nitrogen and oxygen atoms in total. The number of hydrogen-bond acceptors (Lipinski definition) is 5. The number of aromatic nitrogens is 4. The van der Waals surface area contributed by atoms with Crippen molar-refractivity contribution in [2.24, 2.45) is 0 Å². The van der Waals surface area contributed by atoms with Gasteiger partial charge in [0.2, 0.25) is 11.7 Å². The average Bonchev–Trinajstić information content (AvgIpc) is 3.26. The molecule has 4 rings (SSSR count). The SMILES string of the molecule is Cc1ccc2nc(C(=O)NCc3nc(-c4ccccc4Cl)no3)[nH]c2c1. The molecule has 0 radical (unpaired) electrons. The lowest BCUT2D eigenvalue weighted by molar-refractivity contribution is 0.0937. The lowest BCUT2D eigenvalue weighted by atomic mass is 10.2. The van der Waals surface area contributed by atoms with Crippen molar-refractivity contribution in [3.63, 3.8) is 0 Å². The maximum atomic E-state index is 12.3. The Morgan fingerprint density at radius 3 is 2.92 bits per heavy atom. The largest absolute Gasteiger partial charge is 0.340 e. The number of amides is 1. The molecule has 0 bridgehead atoms. The molecule has 0 fully saturated rings. The summed E-state index contributed by atoms with van der Waals surface area (Å²) in [6.45, 7) is 2.07. The van der Waals surface area contributed by atoms with Gasteiger partial charge in [0.25, 0.3) is 5.91 Å². The standard InChI is InChI=1S/C18H14ClN5O2/c1-10-6-7-13-14(8-10)22-17(21-13)18(25)20-9-15-23-16(24-26-15)11-4-2-3-5-12(11)19/h2-8H,9H2,1H3,(H,20,25)(H,21,22). The van der Waals surface area contributed by atoms with Crippen LogP contribution in [-0.2, 0) is 6.54 Å². The van der Waals surface area contributed by atoms with Crippen LogP contribution in [0.3, 0.4) is 0 Å². The smallest absolute Gasteiger partial charge is 0.287 e. The van der Waals surface area contributed by atoms with E-state index in [1.54, 1.807) is 12.1 Å². The molecule has 8 heteroatoms. The molecule has 0 aliphatic carbocycles. The number of aryl methyl sites for hydroxylation is 1. The maximum Gasteiger partial charge on any atom is 0.287 e. The third-order valence-corrected chi connectivity index (χ3v) is 4.17. The quantitative estimate of drug-likeness (QED) is 0.575. The number of benzene rings is 2. The van der Waals surface area contributed by atoms with Crippen LogP contribution >= 0.6 is 11.6 Å². The van der Waals surface area contributed by atoms with Crippen LogP contribution in [0.2, 0.25) is 5.02 Å². The Kier molecular flexibility index (Phi) is 4.14. The molecule has 2 N–H and O–H groups in total. The fourth-order valence-electron chi connectivity index (χ4n) is 2.55. The van der Waals surface area contributed by atoms with Gasteiger partial charge in [-0.15, -0.1) is 0 Å². The van der Waals surface area contributed by atoms with E-state index in [4.69, 9.17) is 16.1 Å². The second-order valence-electron chi connectivity index (χ2n) is 5.78. The molecule has 1 amide bonds. The topological polar surface area (TPSA) is 96.7 Å². The fraction of sp³-hybridized carbons (Fsp3) is 0.111. The maximum absolute atomic E-state index is 12.3. The molecule has 26 heavy (non-hydrogen) atoms. The van der Waals surface area contributed by atoms with Gasteiger partial charge in [-0.25, -0.2) is 4.98 Å². The second kappa shape index (κ2) is 6.61. The monoisotopic (exact) mass is 367 g/mol. The van der Waals surface area contributed by atoms with Crippen molar-refractivity contribution >= 4 is 28.5 Å². The Bertz CT molecular complexity index is 1100. The van der Waals surface area contributed by atoms with Crippen molar-refractivity contribution in [2.45, 2.75) is 13.5 Å². The highest BCUT2D eigenvalue weighted by molar-refractivity contribution is 6.33. The predicted molar refractivity (Wildman–Crippen MR) is 96.7 cm³/mol. The molecule has 2 aromatic carbocycles. The molecular formula is C18H14ClN5O2. The van der Waals surface area contributed by atoms with Gasteiger partial charge in [-0.05, 0) is 36.8 Å². The number of halogens is 1. The summed E-state index contributed by atoms with van der Waals surface area (Å²) in [7, 11) is 0. The van der Waals surface area contributed by atoms with Crippen LogP contribution in [0.5, 0.6) is 0 Å². The number of carbonyl (C=O) groups is 1. The van der Waals surface area contributed by atoms with Crippen molar-refractivity contribution < 1.29 is 9.32 Å². The van der Waals surface area contributed by atoms with Crippen LogP contribution in [0.15, 0.2) is 47.0 Å². The molecule has 0 aliphatic heterocycles. The van der Waals surface area contributed by atoms with Gasteiger partial charge in [-0.2, -0.15) is 4.98 Å². The van der Waals surface area contributed by atoms with Crippen LogP contribution in [-0.4, -0.2) is 26.0 Å². The van der Waals surface area contributed by atoms with Crippen molar-refractivity contribution in [3.05, 3.63) is 64.8 Å². The number of fused-ring (bicyclic) bond motifs is 1. The van der Waals surface area contributed by atoms with Crippen LogP contribution in [0.4, 0.5) is 0 Å². The molecule has 130 valence electrons. The number of aromatic amines is 1. The summed E-state index contributed by atoms with van der Waals surface area (Å²) in [5, 5.41) is 7.13. The molecule has 0 atom stereocenters. The highest BCUT2D eigenvalue weighted by atomic mass is 35.5. The number of hydrogen-bond donors (Lipinski definition) is 2. The normalized spacial score (nSPS) is 11.0. The van der Waals surface area contributed by atoms with Gasteiger partial charge in [0, 0.05) is 5.56 Å². The predicted octanol–water partition coefficient (Wildman–Crippen LogP) is 3.50. The number of carbonyl (C=O) groups excluding carboxylic acids is 1. The summed E-state index contributed by atoms with van der Waals surface area (Å²) in [5.74, 6) is 0.534. The van der Waals surface area contributed by atoms with Gasteiger partial charge in [0.05, 0.1) is 22.6 Å². The molecule has 0 aliphatic rings. The highest BCUT2D eigenvalue weighted by Crippen LogP contribution is 2.24. The zero-order valence-corrected chi connectivity index (χ0v) is 14.5. The highest BCUT2D eigenvalue weighted by Gasteiger charge is 2.15. The van der Waals surface area contributed by atoms with Gasteiger partial charge >= 0.3 is 0 Å². The first-order chi connectivity index (χ1) is 12.6. The van der Waals surface area contributed by atoms with Crippen LogP contribution < -0.4 is 5.32 Å². The van der Waals surface area contributed by atoms with Gasteiger partial charge in [-0.3, -0.25) is 4.79 Å². The first kappa shape index (κ1) is 16.3. The van der Waals surface area contributed by atoms with Gasteiger partial charge < -0.3 is 14.8 Å². The summed E-state index contributed by atoms with van der Waals surface area (Å²) >= 11 is 6.12. The van der Waals surface area contributed by atoms with Crippen LogP contribution in [0.1, 0.15) is 22.1 Å². The number of imidazole rings is 1. The summed E-state index contributed by atoms with van der Waals surface area (Å²) < 4.78 is 5.17. The van der Waals surface area contributed by atoms with Crippen LogP contribution in [0.25, 0.3) is 22.4 Å². The number of H-pyrrole nitrogens is 1. The fourth-order valence-corrected chi connectivity index (χ4v) is 2.77. The third-order valence-electron chi connectivity index (χ3n) is 3.84. The van der Waals surface area contributed by atoms with E-state index in [9.17, 15) is 4.79 Å². The van der Waals surface area contributed by atoms with Crippen molar-refractivity contribution in [1.29, 1.82) is 0 Å². The summed E-state index contributed by atoms with van der Waals surface area (Å²) in [5.41, 5.74) is 3.31. The molecule has 2 heterocycles. The molecule has 0 saturated carbocycles. The van der Waals surface area contributed by atoms with E-state index in [2.05, 4.69) is 25.4 Å². The third kappa shape index (κ3) is 3.16. The molecule has 0 saturated heterocycles. The Labute approximate surface area is 153 Å². The summed E-state index contributed by atoms with van der Waals surface area (Å²) in [6, 6.07) is 13.0. The average molecular weight is 368 g/mol. The van der Waals surface area contributed by atoms with Crippen molar-refractivity contribution in [3.8, 4) is 11.4 Å². The van der Waals surface area contributed by atoms with E-state index in [0.717, 1.165) is 16.6 Å². The molecule has 0 spiro atoms. The van der Waals surface area contributed by atoms with Crippen molar-refractivity contribution in [2.75, 3.05) is 0 Å². The minimum absolute atomic E-state index is 0.0896. The van der Waals surface area contributed by atoms with E-state index in [-0.39, 0.29) is 24.2 Å². The van der Waals surface area contributed by atoms with Gasteiger partial charge in [0.1, 0.15) is 0 Å². The van der Waals surface area contributed by atoms with E-state index < -0.39 is 0 Å². The Hall–Kier alpha value is -3.19. The van der Waals surface area contributed by atoms with E-state index >= 15 is 0 Å². The molecule has 2 aromatic heterocycles. The van der Waals surface area contributed by atoms with Crippen LogP contribution in [0, 0.1) is 6.92 Å². The molecule has 0 unspecified atom stereocenters.